The van der Waals surface area contributed by atoms with Crippen LogP contribution in [0.15, 0.2) is 29.0 Å². The minimum absolute atomic E-state index is 0.661. The Hall–Kier alpha value is -1.16. The van der Waals surface area contributed by atoms with Crippen molar-refractivity contribution in [1.82, 2.24) is 15.2 Å². The standard InChI is InChI=1S/C10H10BrN3/c1-2-7-4-3-5-8(6-7)9-12-10(11)14-13-9/h3-6H,2H2,1H3,(H,12,13,14). The molecule has 4 heteroatoms. The van der Waals surface area contributed by atoms with Crippen molar-refractivity contribution in [1.29, 1.82) is 0 Å². The number of benzene rings is 1. The molecule has 2 rings (SSSR count). The van der Waals surface area contributed by atoms with Crippen LogP contribution < -0.4 is 0 Å². The van der Waals surface area contributed by atoms with Gasteiger partial charge in [-0.3, -0.25) is 5.10 Å². The molecular formula is C10H10BrN3. The summed E-state index contributed by atoms with van der Waals surface area (Å²) in [7, 11) is 0. The first-order chi connectivity index (χ1) is 6.79. The number of rotatable bonds is 2. The molecule has 0 radical (unpaired) electrons. The van der Waals surface area contributed by atoms with E-state index in [1.807, 2.05) is 12.1 Å². The van der Waals surface area contributed by atoms with Gasteiger partial charge in [0.2, 0.25) is 0 Å². The number of hydrogen-bond donors (Lipinski definition) is 1. The van der Waals surface area contributed by atoms with Crippen LogP contribution in [-0.4, -0.2) is 15.2 Å². The van der Waals surface area contributed by atoms with Crippen molar-refractivity contribution < 1.29 is 0 Å². The van der Waals surface area contributed by atoms with Crippen molar-refractivity contribution in [2.45, 2.75) is 13.3 Å². The number of halogens is 1. The molecule has 2 aromatic rings. The highest BCUT2D eigenvalue weighted by Gasteiger charge is 2.03. The minimum atomic E-state index is 0.661. The first kappa shape index (κ1) is 9.40. The normalized spacial score (nSPS) is 10.4. The Morgan fingerprint density at radius 1 is 1.43 bits per heavy atom. The molecule has 0 spiro atoms. The fourth-order valence-corrected chi connectivity index (χ4v) is 1.56. The second-order valence-corrected chi connectivity index (χ2v) is 3.75. The zero-order valence-corrected chi connectivity index (χ0v) is 9.37. The summed E-state index contributed by atoms with van der Waals surface area (Å²) in [6.45, 7) is 2.13. The third kappa shape index (κ3) is 1.85. The molecule has 0 aliphatic heterocycles. The number of aromatic amines is 1. The topological polar surface area (TPSA) is 41.6 Å². The average Bonchev–Trinajstić information content (AvgIpc) is 2.65. The van der Waals surface area contributed by atoms with Gasteiger partial charge in [0.25, 0.3) is 0 Å². The van der Waals surface area contributed by atoms with Crippen molar-refractivity contribution in [3.05, 3.63) is 34.6 Å². The zero-order valence-electron chi connectivity index (χ0n) is 7.79. The van der Waals surface area contributed by atoms with Crippen LogP contribution in [0, 0.1) is 0 Å². The van der Waals surface area contributed by atoms with Gasteiger partial charge in [-0.25, -0.2) is 4.98 Å². The van der Waals surface area contributed by atoms with Gasteiger partial charge in [-0.15, -0.1) is 0 Å². The quantitative estimate of drug-likeness (QED) is 0.892. The van der Waals surface area contributed by atoms with Crippen molar-refractivity contribution in [2.24, 2.45) is 0 Å². The van der Waals surface area contributed by atoms with Crippen LogP contribution in [0.3, 0.4) is 0 Å². The second-order valence-electron chi connectivity index (χ2n) is 3.00. The molecule has 3 nitrogen and oxygen atoms in total. The highest BCUT2D eigenvalue weighted by molar-refractivity contribution is 9.10. The molecule has 0 fully saturated rings. The molecule has 0 aliphatic rings. The predicted octanol–water partition coefficient (Wildman–Crippen LogP) is 2.80. The smallest absolute Gasteiger partial charge is 0.193 e. The van der Waals surface area contributed by atoms with E-state index in [2.05, 4.69) is 50.2 Å². The number of aryl methyl sites for hydroxylation is 1. The Morgan fingerprint density at radius 3 is 2.93 bits per heavy atom. The molecule has 0 atom stereocenters. The van der Waals surface area contributed by atoms with E-state index in [1.54, 1.807) is 0 Å². The van der Waals surface area contributed by atoms with E-state index < -0.39 is 0 Å². The van der Waals surface area contributed by atoms with Gasteiger partial charge in [-0.1, -0.05) is 25.1 Å². The molecule has 1 aromatic carbocycles. The molecule has 0 aliphatic carbocycles. The molecule has 72 valence electrons. The first-order valence-corrected chi connectivity index (χ1v) is 5.26. The van der Waals surface area contributed by atoms with E-state index in [-0.39, 0.29) is 0 Å². The van der Waals surface area contributed by atoms with Crippen molar-refractivity contribution in [2.75, 3.05) is 0 Å². The van der Waals surface area contributed by atoms with E-state index in [0.29, 0.717) is 4.73 Å². The lowest BCUT2D eigenvalue weighted by Crippen LogP contribution is -1.84. The van der Waals surface area contributed by atoms with Crippen LogP contribution in [0.4, 0.5) is 0 Å². The van der Waals surface area contributed by atoms with Crippen LogP contribution in [0.1, 0.15) is 12.5 Å². The van der Waals surface area contributed by atoms with Crippen LogP contribution in [0.25, 0.3) is 11.4 Å². The lowest BCUT2D eigenvalue weighted by atomic mass is 10.1. The first-order valence-electron chi connectivity index (χ1n) is 4.47. The fourth-order valence-electron chi connectivity index (χ4n) is 1.30. The zero-order chi connectivity index (χ0) is 9.97. The van der Waals surface area contributed by atoms with Crippen molar-refractivity contribution >= 4 is 15.9 Å². The summed E-state index contributed by atoms with van der Waals surface area (Å²) in [5.41, 5.74) is 2.34. The summed E-state index contributed by atoms with van der Waals surface area (Å²) in [5, 5.41) is 6.84. The lowest BCUT2D eigenvalue weighted by Gasteiger charge is -1.98. The number of nitrogens with zero attached hydrogens (tertiary/aromatic N) is 2. The number of nitrogens with one attached hydrogen (secondary N) is 1. The molecule has 1 N–H and O–H groups in total. The van der Waals surface area contributed by atoms with Gasteiger partial charge in [-0.05, 0) is 34.0 Å². The van der Waals surface area contributed by atoms with Gasteiger partial charge in [0, 0.05) is 5.56 Å². The maximum absolute atomic E-state index is 4.21. The summed E-state index contributed by atoms with van der Waals surface area (Å²) in [6.07, 6.45) is 1.03. The van der Waals surface area contributed by atoms with E-state index in [0.717, 1.165) is 17.8 Å². The van der Waals surface area contributed by atoms with E-state index in [9.17, 15) is 0 Å². The molecule has 0 bridgehead atoms. The third-order valence-electron chi connectivity index (χ3n) is 2.05. The maximum Gasteiger partial charge on any atom is 0.193 e. The molecule has 1 heterocycles. The summed E-state index contributed by atoms with van der Waals surface area (Å²) in [6, 6.07) is 8.24. The van der Waals surface area contributed by atoms with Gasteiger partial charge >= 0.3 is 0 Å². The fraction of sp³-hybridized carbons (Fsp3) is 0.200. The summed E-state index contributed by atoms with van der Waals surface area (Å²) < 4.78 is 0.661. The predicted molar refractivity (Wildman–Crippen MR) is 58.9 cm³/mol. The van der Waals surface area contributed by atoms with E-state index in [1.165, 1.54) is 5.56 Å². The molecular weight excluding hydrogens is 242 g/mol. The van der Waals surface area contributed by atoms with Gasteiger partial charge in [-0.2, -0.15) is 5.10 Å². The van der Waals surface area contributed by atoms with E-state index in [4.69, 9.17) is 0 Å². The Bertz CT molecular complexity index is 436. The van der Waals surface area contributed by atoms with Gasteiger partial charge in [0.15, 0.2) is 10.6 Å². The third-order valence-corrected chi connectivity index (χ3v) is 2.41. The summed E-state index contributed by atoms with van der Waals surface area (Å²) in [5.74, 6) is 0.729. The summed E-state index contributed by atoms with van der Waals surface area (Å²) in [4.78, 5) is 4.21. The van der Waals surface area contributed by atoms with Crippen LogP contribution >= 0.6 is 15.9 Å². The second kappa shape index (κ2) is 3.92. The Kier molecular flexibility index (Phi) is 2.63. The molecule has 0 saturated heterocycles. The van der Waals surface area contributed by atoms with Crippen molar-refractivity contribution in [3.8, 4) is 11.4 Å². The van der Waals surface area contributed by atoms with Crippen LogP contribution in [0.5, 0.6) is 0 Å². The SMILES string of the molecule is CCc1cccc(-c2n[nH]c(Br)n2)c1. The highest BCUT2D eigenvalue weighted by atomic mass is 79.9. The van der Waals surface area contributed by atoms with Crippen molar-refractivity contribution in [3.63, 3.8) is 0 Å². The number of aromatic nitrogens is 3. The maximum atomic E-state index is 4.21. The Labute approximate surface area is 90.7 Å². The molecule has 0 saturated carbocycles. The van der Waals surface area contributed by atoms with Crippen LogP contribution in [-0.2, 0) is 6.42 Å². The minimum Gasteiger partial charge on any atom is -0.253 e. The Balaban J connectivity index is 2.41. The van der Waals surface area contributed by atoms with Gasteiger partial charge < -0.3 is 0 Å². The Morgan fingerprint density at radius 2 is 2.29 bits per heavy atom. The average molecular weight is 252 g/mol. The number of H-pyrrole nitrogens is 1. The van der Waals surface area contributed by atoms with Crippen LogP contribution in [0.2, 0.25) is 0 Å². The molecule has 14 heavy (non-hydrogen) atoms. The highest BCUT2D eigenvalue weighted by Crippen LogP contribution is 2.17. The van der Waals surface area contributed by atoms with Gasteiger partial charge in [0.1, 0.15) is 0 Å². The molecule has 1 aromatic heterocycles. The van der Waals surface area contributed by atoms with Gasteiger partial charge in [0.05, 0.1) is 0 Å². The largest absolute Gasteiger partial charge is 0.253 e. The number of hydrogen-bond acceptors (Lipinski definition) is 2. The molecule has 0 unspecified atom stereocenters. The summed E-state index contributed by atoms with van der Waals surface area (Å²) >= 11 is 3.24. The monoisotopic (exact) mass is 251 g/mol. The molecule has 0 amide bonds. The van der Waals surface area contributed by atoms with E-state index >= 15 is 0 Å². The lowest BCUT2D eigenvalue weighted by molar-refractivity contribution is 1.07.